The van der Waals surface area contributed by atoms with Crippen LogP contribution >= 0.6 is 0 Å². The fourth-order valence-corrected chi connectivity index (χ4v) is 2.45. The third-order valence-corrected chi connectivity index (χ3v) is 3.59. The van der Waals surface area contributed by atoms with Gasteiger partial charge in [0, 0.05) is 30.5 Å². The molecule has 1 aliphatic rings. The number of nitrogen functional groups attached to an aromatic ring is 2. The van der Waals surface area contributed by atoms with E-state index in [2.05, 4.69) is 9.88 Å². The van der Waals surface area contributed by atoms with Crippen LogP contribution in [0.5, 0.6) is 0 Å². The van der Waals surface area contributed by atoms with Crippen LogP contribution in [-0.4, -0.2) is 31.3 Å². The molecule has 1 fully saturated rings. The summed E-state index contributed by atoms with van der Waals surface area (Å²) >= 11 is 0. The first-order valence-electron chi connectivity index (χ1n) is 6.78. The van der Waals surface area contributed by atoms with E-state index >= 15 is 0 Å². The smallest absolute Gasteiger partial charge is 0.125 e. The zero-order chi connectivity index (χ0) is 14.8. The van der Waals surface area contributed by atoms with Crippen LogP contribution in [-0.2, 0) is 4.74 Å². The lowest BCUT2D eigenvalue weighted by atomic mass is 10.0. The highest BCUT2D eigenvalue weighted by Crippen LogP contribution is 2.32. The number of morpholine rings is 1. The maximum Gasteiger partial charge on any atom is 0.125 e. The standard InChI is InChI=1S/C15H17FN4O/c16-11-5-10(13-8-19-9-14(17)15(13)18)6-12(7-11)20-1-3-21-4-2-20/h5-9H,1-4,17H2,(H2,18,19). The zero-order valence-corrected chi connectivity index (χ0v) is 11.6. The monoisotopic (exact) mass is 288 g/mol. The van der Waals surface area contributed by atoms with E-state index in [1.807, 2.05) is 6.07 Å². The summed E-state index contributed by atoms with van der Waals surface area (Å²) in [6.45, 7) is 2.78. The minimum absolute atomic E-state index is 0.309. The number of hydrogen-bond donors (Lipinski definition) is 2. The predicted molar refractivity (Wildman–Crippen MR) is 81.5 cm³/mol. The molecule has 3 rings (SSSR count). The molecule has 0 unspecified atom stereocenters. The lowest BCUT2D eigenvalue weighted by Crippen LogP contribution is -2.36. The normalized spacial score (nSPS) is 15.2. The Hall–Kier alpha value is -2.34. The van der Waals surface area contributed by atoms with Gasteiger partial charge in [0.15, 0.2) is 0 Å². The molecule has 1 aliphatic heterocycles. The molecule has 6 heteroatoms. The third-order valence-electron chi connectivity index (χ3n) is 3.59. The zero-order valence-electron chi connectivity index (χ0n) is 11.6. The van der Waals surface area contributed by atoms with Crippen LogP contribution in [0, 0.1) is 5.82 Å². The molecule has 0 atom stereocenters. The maximum atomic E-state index is 14.0. The van der Waals surface area contributed by atoms with Crippen molar-refractivity contribution in [2.75, 3.05) is 42.7 Å². The van der Waals surface area contributed by atoms with Gasteiger partial charge >= 0.3 is 0 Å². The van der Waals surface area contributed by atoms with Gasteiger partial charge in [0.25, 0.3) is 0 Å². The van der Waals surface area contributed by atoms with E-state index in [0.717, 1.165) is 18.8 Å². The second-order valence-corrected chi connectivity index (χ2v) is 4.99. The number of hydrogen-bond acceptors (Lipinski definition) is 5. The Balaban J connectivity index is 2.03. The number of nitrogens with two attached hydrogens (primary N) is 2. The van der Waals surface area contributed by atoms with Crippen molar-refractivity contribution in [3.05, 3.63) is 36.4 Å². The van der Waals surface area contributed by atoms with Gasteiger partial charge in [-0.15, -0.1) is 0 Å². The third kappa shape index (κ3) is 2.75. The number of nitrogens with zero attached hydrogens (tertiary/aromatic N) is 2. The van der Waals surface area contributed by atoms with Crippen molar-refractivity contribution in [2.45, 2.75) is 0 Å². The van der Waals surface area contributed by atoms with Crippen molar-refractivity contribution < 1.29 is 9.13 Å². The van der Waals surface area contributed by atoms with E-state index in [0.29, 0.717) is 35.7 Å². The van der Waals surface area contributed by atoms with Crippen LogP contribution < -0.4 is 16.4 Å². The SMILES string of the molecule is Nc1cncc(-c2cc(F)cc(N3CCOCC3)c2)c1N. The van der Waals surface area contributed by atoms with Crippen molar-refractivity contribution >= 4 is 17.1 Å². The molecule has 4 N–H and O–H groups in total. The van der Waals surface area contributed by atoms with Crippen molar-refractivity contribution in [1.82, 2.24) is 4.98 Å². The van der Waals surface area contributed by atoms with Gasteiger partial charge in [0.05, 0.1) is 30.8 Å². The molecule has 21 heavy (non-hydrogen) atoms. The molecular formula is C15H17FN4O. The van der Waals surface area contributed by atoms with E-state index in [-0.39, 0.29) is 5.82 Å². The average Bonchev–Trinajstić information content (AvgIpc) is 2.50. The summed E-state index contributed by atoms with van der Waals surface area (Å²) in [4.78, 5) is 6.12. The first kappa shape index (κ1) is 13.6. The molecule has 2 heterocycles. The highest BCUT2D eigenvalue weighted by Gasteiger charge is 2.15. The summed E-state index contributed by atoms with van der Waals surface area (Å²) in [5.41, 5.74) is 14.7. The van der Waals surface area contributed by atoms with Crippen molar-refractivity contribution in [2.24, 2.45) is 0 Å². The van der Waals surface area contributed by atoms with Gasteiger partial charge in [-0.05, 0) is 23.8 Å². The summed E-state index contributed by atoms with van der Waals surface area (Å²) < 4.78 is 19.3. The molecule has 110 valence electrons. The molecule has 0 saturated carbocycles. The van der Waals surface area contributed by atoms with Crippen LogP contribution in [0.2, 0.25) is 0 Å². The first-order valence-corrected chi connectivity index (χ1v) is 6.78. The lowest BCUT2D eigenvalue weighted by molar-refractivity contribution is 0.122. The van der Waals surface area contributed by atoms with Gasteiger partial charge in [-0.2, -0.15) is 0 Å². The minimum Gasteiger partial charge on any atom is -0.396 e. The van der Waals surface area contributed by atoms with Gasteiger partial charge in [-0.3, -0.25) is 4.98 Å². The summed E-state index contributed by atoms with van der Waals surface area (Å²) in [5, 5.41) is 0. The van der Waals surface area contributed by atoms with Crippen LogP contribution in [0.3, 0.4) is 0 Å². The number of ether oxygens (including phenoxy) is 1. The second kappa shape index (κ2) is 5.57. The Morgan fingerprint density at radius 3 is 2.62 bits per heavy atom. The fourth-order valence-electron chi connectivity index (χ4n) is 2.45. The Bertz CT molecular complexity index is 656. The van der Waals surface area contributed by atoms with E-state index in [9.17, 15) is 4.39 Å². The molecule has 5 nitrogen and oxygen atoms in total. The lowest BCUT2D eigenvalue weighted by Gasteiger charge is -2.29. The summed E-state index contributed by atoms with van der Waals surface area (Å²) in [6, 6.07) is 4.86. The molecule has 0 amide bonds. The van der Waals surface area contributed by atoms with Gasteiger partial charge < -0.3 is 21.1 Å². The Morgan fingerprint density at radius 1 is 1.10 bits per heavy atom. The molecular weight excluding hydrogens is 271 g/mol. The number of pyridine rings is 1. The van der Waals surface area contributed by atoms with Crippen LogP contribution in [0.4, 0.5) is 21.5 Å². The van der Waals surface area contributed by atoms with Gasteiger partial charge in [0.2, 0.25) is 0 Å². The number of aromatic nitrogens is 1. The maximum absolute atomic E-state index is 14.0. The highest BCUT2D eigenvalue weighted by molar-refractivity contribution is 5.84. The van der Waals surface area contributed by atoms with E-state index < -0.39 is 0 Å². The molecule has 1 aromatic carbocycles. The van der Waals surface area contributed by atoms with Crippen molar-refractivity contribution in [1.29, 1.82) is 0 Å². The van der Waals surface area contributed by atoms with Crippen LogP contribution in [0.15, 0.2) is 30.6 Å². The Morgan fingerprint density at radius 2 is 1.86 bits per heavy atom. The average molecular weight is 288 g/mol. The minimum atomic E-state index is -0.309. The van der Waals surface area contributed by atoms with Crippen molar-refractivity contribution in [3.63, 3.8) is 0 Å². The molecule has 0 aliphatic carbocycles. The number of rotatable bonds is 2. The van der Waals surface area contributed by atoms with Gasteiger partial charge in [0.1, 0.15) is 5.82 Å². The molecule has 0 spiro atoms. The largest absolute Gasteiger partial charge is 0.396 e. The predicted octanol–water partition coefficient (Wildman–Crippen LogP) is 1.89. The topological polar surface area (TPSA) is 77.4 Å². The van der Waals surface area contributed by atoms with E-state index in [1.165, 1.54) is 18.3 Å². The van der Waals surface area contributed by atoms with Crippen molar-refractivity contribution in [3.8, 4) is 11.1 Å². The number of halogens is 1. The Kier molecular flexibility index (Phi) is 3.62. The molecule has 2 aromatic rings. The Labute approximate surface area is 122 Å². The van der Waals surface area contributed by atoms with Gasteiger partial charge in [-0.1, -0.05) is 0 Å². The number of benzene rings is 1. The molecule has 1 aromatic heterocycles. The quantitative estimate of drug-likeness (QED) is 0.882. The summed E-state index contributed by atoms with van der Waals surface area (Å²) in [5.74, 6) is -0.309. The summed E-state index contributed by atoms with van der Waals surface area (Å²) in [6.07, 6.45) is 3.09. The molecule has 0 bridgehead atoms. The van der Waals surface area contributed by atoms with Crippen LogP contribution in [0.25, 0.3) is 11.1 Å². The number of anilines is 3. The molecule has 1 saturated heterocycles. The fraction of sp³-hybridized carbons (Fsp3) is 0.267. The summed E-state index contributed by atoms with van der Waals surface area (Å²) in [7, 11) is 0. The van der Waals surface area contributed by atoms with E-state index in [4.69, 9.17) is 16.2 Å². The first-order chi connectivity index (χ1) is 10.1. The highest BCUT2D eigenvalue weighted by atomic mass is 19.1. The second-order valence-electron chi connectivity index (χ2n) is 4.99. The van der Waals surface area contributed by atoms with Gasteiger partial charge in [-0.25, -0.2) is 4.39 Å². The molecule has 0 radical (unpaired) electrons. The van der Waals surface area contributed by atoms with E-state index in [1.54, 1.807) is 6.20 Å². The van der Waals surface area contributed by atoms with Crippen LogP contribution in [0.1, 0.15) is 0 Å².